The average molecular weight is 137 g/mol. The fourth-order valence-corrected chi connectivity index (χ4v) is 0.696. The van der Waals surface area contributed by atoms with Gasteiger partial charge >= 0.3 is 0 Å². The van der Waals surface area contributed by atoms with Crippen LogP contribution >= 0.6 is 0 Å². The highest BCUT2D eigenvalue weighted by atomic mass is 16.1. The molecule has 1 aromatic heterocycles. The molecule has 0 radical (unpaired) electrons. The Morgan fingerprint density at radius 2 is 2.30 bits per heavy atom. The second kappa shape index (κ2) is 2.47. The Bertz CT molecular complexity index is 301. The summed E-state index contributed by atoms with van der Waals surface area (Å²) in [4.78, 5) is 20.9. The van der Waals surface area contributed by atoms with E-state index >= 15 is 0 Å². The Kier molecular flexibility index (Phi) is 1.67. The van der Waals surface area contributed by atoms with Gasteiger partial charge in [-0.1, -0.05) is 0 Å². The summed E-state index contributed by atoms with van der Waals surface area (Å²) in [5.74, 6) is 0. The lowest BCUT2D eigenvalue weighted by molar-refractivity contribution is 0.112. The van der Waals surface area contributed by atoms with Crippen molar-refractivity contribution < 1.29 is 4.79 Å². The molecule has 0 aromatic carbocycles. The zero-order valence-electron chi connectivity index (χ0n) is 5.57. The van der Waals surface area contributed by atoms with Crippen LogP contribution in [0, 0.1) is 0 Å². The predicted molar refractivity (Wildman–Crippen MR) is 37.1 cm³/mol. The summed E-state index contributed by atoms with van der Waals surface area (Å²) in [6.07, 6.45) is 3.66. The minimum atomic E-state index is -0.229. The van der Waals surface area contributed by atoms with Gasteiger partial charge in [-0.15, -0.1) is 0 Å². The van der Waals surface area contributed by atoms with E-state index in [4.69, 9.17) is 0 Å². The number of nitrogens with zero attached hydrogens (tertiary/aromatic N) is 1. The van der Waals surface area contributed by atoms with Crippen molar-refractivity contribution in [1.29, 1.82) is 0 Å². The smallest absolute Gasteiger partial charge is 0.192 e. The Morgan fingerprint density at radius 1 is 1.60 bits per heavy atom. The molecule has 0 N–H and O–H groups in total. The number of aryl methyl sites for hydroxylation is 1. The largest absolute Gasteiger partial charge is 0.356 e. The maximum absolute atomic E-state index is 10.8. The summed E-state index contributed by atoms with van der Waals surface area (Å²) in [5, 5.41) is 0. The van der Waals surface area contributed by atoms with E-state index in [9.17, 15) is 9.59 Å². The third-order valence-electron chi connectivity index (χ3n) is 1.22. The van der Waals surface area contributed by atoms with Crippen LogP contribution in [0.3, 0.4) is 0 Å². The summed E-state index contributed by atoms with van der Waals surface area (Å²) >= 11 is 0. The normalized spacial score (nSPS) is 9.30. The summed E-state index contributed by atoms with van der Waals surface area (Å²) < 4.78 is 1.66. The van der Waals surface area contributed by atoms with Crippen LogP contribution in [-0.2, 0) is 7.05 Å². The molecule has 0 saturated carbocycles. The van der Waals surface area contributed by atoms with Gasteiger partial charge in [0, 0.05) is 25.5 Å². The van der Waals surface area contributed by atoms with Crippen molar-refractivity contribution in [3.63, 3.8) is 0 Å². The van der Waals surface area contributed by atoms with Gasteiger partial charge in [-0.05, 0) is 0 Å². The molecule has 0 aliphatic rings. The average Bonchev–Trinajstić information content (AvgIpc) is 1.94. The molecule has 0 fully saturated rings. The highest BCUT2D eigenvalue weighted by Gasteiger charge is 1.93. The Hall–Kier alpha value is -1.38. The number of carbonyl (C=O) groups excluding carboxylic acids is 1. The van der Waals surface area contributed by atoms with Gasteiger partial charge in [0.25, 0.3) is 0 Å². The maximum atomic E-state index is 10.8. The predicted octanol–water partition coefficient (Wildman–Crippen LogP) is 0.198. The van der Waals surface area contributed by atoms with Crippen LogP contribution in [-0.4, -0.2) is 10.9 Å². The van der Waals surface area contributed by atoms with Gasteiger partial charge in [0.05, 0.1) is 5.56 Å². The third kappa shape index (κ3) is 1.13. The highest BCUT2D eigenvalue weighted by Crippen LogP contribution is 1.84. The SMILES string of the molecule is Cn1ccc(=O)c(C=O)c1. The number of hydrogen-bond acceptors (Lipinski definition) is 2. The summed E-state index contributed by atoms with van der Waals surface area (Å²) in [7, 11) is 1.76. The maximum Gasteiger partial charge on any atom is 0.192 e. The second-order valence-corrected chi connectivity index (χ2v) is 2.05. The van der Waals surface area contributed by atoms with E-state index in [0.717, 1.165) is 0 Å². The number of rotatable bonds is 1. The number of aromatic nitrogens is 1. The van der Waals surface area contributed by atoms with Gasteiger partial charge in [-0.3, -0.25) is 9.59 Å². The van der Waals surface area contributed by atoms with Crippen molar-refractivity contribution >= 4 is 6.29 Å². The summed E-state index contributed by atoms with van der Waals surface area (Å²) in [6.45, 7) is 0. The van der Waals surface area contributed by atoms with Crippen molar-refractivity contribution in [2.24, 2.45) is 7.05 Å². The van der Waals surface area contributed by atoms with Gasteiger partial charge in [0.2, 0.25) is 0 Å². The van der Waals surface area contributed by atoms with Crippen LogP contribution in [0.5, 0.6) is 0 Å². The first kappa shape index (κ1) is 6.74. The molecule has 0 aliphatic heterocycles. The third-order valence-corrected chi connectivity index (χ3v) is 1.22. The molecule has 10 heavy (non-hydrogen) atoms. The van der Waals surface area contributed by atoms with Crippen molar-refractivity contribution in [3.05, 3.63) is 34.2 Å². The molecule has 0 amide bonds. The standard InChI is InChI=1S/C7H7NO2/c1-8-3-2-7(10)6(4-8)5-9/h2-5H,1H3. The second-order valence-electron chi connectivity index (χ2n) is 2.05. The molecule has 1 heterocycles. The van der Waals surface area contributed by atoms with Crippen molar-refractivity contribution in [2.45, 2.75) is 0 Å². The van der Waals surface area contributed by atoms with Gasteiger partial charge in [0.1, 0.15) is 0 Å². The van der Waals surface area contributed by atoms with E-state index < -0.39 is 0 Å². The van der Waals surface area contributed by atoms with E-state index in [0.29, 0.717) is 6.29 Å². The first-order chi connectivity index (χ1) is 4.74. The number of carbonyl (C=O) groups is 1. The van der Waals surface area contributed by atoms with E-state index in [1.165, 1.54) is 12.3 Å². The molecule has 0 bridgehead atoms. The van der Waals surface area contributed by atoms with Crippen LogP contribution in [0.4, 0.5) is 0 Å². The topological polar surface area (TPSA) is 39.1 Å². The minimum absolute atomic E-state index is 0.199. The molecule has 52 valence electrons. The fourth-order valence-electron chi connectivity index (χ4n) is 0.696. The number of hydrogen-bond donors (Lipinski definition) is 0. The van der Waals surface area contributed by atoms with E-state index in [-0.39, 0.29) is 11.0 Å². The van der Waals surface area contributed by atoms with Crippen molar-refractivity contribution in [1.82, 2.24) is 4.57 Å². The Morgan fingerprint density at radius 3 is 2.80 bits per heavy atom. The molecule has 3 heteroatoms. The lowest BCUT2D eigenvalue weighted by Crippen LogP contribution is -2.08. The Balaban J connectivity index is 3.35. The van der Waals surface area contributed by atoms with Gasteiger partial charge < -0.3 is 4.57 Å². The first-order valence-electron chi connectivity index (χ1n) is 2.85. The first-order valence-corrected chi connectivity index (χ1v) is 2.85. The van der Waals surface area contributed by atoms with Crippen LogP contribution in [0.1, 0.15) is 10.4 Å². The number of aldehydes is 1. The van der Waals surface area contributed by atoms with Crippen molar-refractivity contribution in [3.8, 4) is 0 Å². The molecule has 0 atom stereocenters. The zero-order valence-corrected chi connectivity index (χ0v) is 5.57. The summed E-state index contributed by atoms with van der Waals surface area (Å²) in [6, 6.07) is 1.36. The molecule has 1 aromatic rings. The monoisotopic (exact) mass is 137 g/mol. The Labute approximate surface area is 57.9 Å². The molecule has 0 spiro atoms. The minimum Gasteiger partial charge on any atom is -0.356 e. The fraction of sp³-hybridized carbons (Fsp3) is 0.143. The van der Waals surface area contributed by atoms with Gasteiger partial charge in [-0.2, -0.15) is 0 Å². The molecule has 0 unspecified atom stereocenters. The van der Waals surface area contributed by atoms with Crippen LogP contribution in [0.25, 0.3) is 0 Å². The lowest BCUT2D eigenvalue weighted by atomic mass is 10.3. The number of pyridine rings is 1. The van der Waals surface area contributed by atoms with Crippen LogP contribution < -0.4 is 5.43 Å². The zero-order chi connectivity index (χ0) is 7.56. The molecule has 0 aliphatic carbocycles. The van der Waals surface area contributed by atoms with E-state index in [1.807, 2.05) is 0 Å². The molecule has 3 nitrogen and oxygen atoms in total. The van der Waals surface area contributed by atoms with Gasteiger partial charge in [-0.25, -0.2) is 0 Å². The van der Waals surface area contributed by atoms with Crippen LogP contribution in [0.15, 0.2) is 23.3 Å². The highest BCUT2D eigenvalue weighted by molar-refractivity contribution is 5.73. The van der Waals surface area contributed by atoms with E-state index in [2.05, 4.69) is 0 Å². The van der Waals surface area contributed by atoms with Crippen LogP contribution in [0.2, 0.25) is 0 Å². The van der Waals surface area contributed by atoms with E-state index in [1.54, 1.807) is 17.8 Å². The molecular weight excluding hydrogens is 130 g/mol. The molecule has 1 rings (SSSR count). The molecular formula is C7H7NO2. The van der Waals surface area contributed by atoms with Crippen molar-refractivity contribution in [2.75, 3.05) is 0 Å². The molecule has 0 saturated heterocycles. The summed E-state index contributed by atoms with van der Waals surface area (Å²) in [5.41, 5.74) is -0.0295. The lowest BCUT2D eigenvalue weighted by Gasteiger charge is -1.94. The quantitative estimate of drug-likeness (QED) is 0.518. The van der Waals surface area contributed by atoms with Gasteiger partial charge in [0.15, 0.2) is 11.7 Å².